The zero-order valence-electron chi connectivity index (χ0n) is 15.4. The summed E-state index contributed by atoms with van der Waals surface area (Å²) in [7, 11) is 2.41. The summed E-state index contributed by atoms with van der Waals surface area (Å²) in [6.45, 7) is 3.26. The minimum absolute atomic E-state index is 0.0813. The van der Waals surface area contributed by atoms with Crippen molar-refractivity contribution in [3.8, 4) is 0 Å². The van der Waals surface area contributed by atoms with Crippen LogP contribution in [0.4, 0.5) is 5.69 Å². The van der Waals surface area contributed by atoms with Crippen molar-refractivity contribution in [1.29, 1.82) is 0 Å². The van der Waals surface area contributed by atoms with E-state index in [0.29, 0.717) is 19.7 Å². The van der Waals surface area contributed by atoms with Gasteiger partial charge in [-0.1, -0.05) is 0 Å². The van der Waals surface area contributed by atoms with E-state index in [1.807, 2.05) is 6.92 Å². The maximum Gasteiger partial charge on any atom is 0.337 e. The number of hydrogen-bond acceptors (Lipinski definition) is 7. The third-order valence-electron chi connectivity index (χ3n) is 4.08. The fourth-order valence-corrected chi connectivity index (χ4v) is 2.70. The Morgan fingerprint density at radius 1 is 1.15 bits per heavy atom. The van der Waals surface area contributed by atoms with Crippen molar-refractivity contribution >= 4 is 29.4 Å². The van der Waals surface area contributed by atoms with Crippen molar-refractivity contribution in [2.24, 2.45) is 0 Å². The van der Waals surface area contributed by atoms with Gasteiger partial charge in [0, 0.05) is 18.8 Å². The summed E-state index contributed by atoms with van der Waals surface area (Å²) >= 11 is 0. The molecular weight excluding hydrogens is 356 g/mol. The third-order valence-corrected chi connectivity index (χ3v) is 4.08. The summed E-state index contributed by atoms with van der Waals surface area (Å²) < 4.78 is 14.7. The predicted molar refractivity (Wildman–Crippen MR) is 94.4 cm³/mol. The van der Waals surface area contributed by atoms with Gasteiger partial charge in [0.1, 0.15) is 6.10 Å². The lowest BCUT2D eigenvalue weighted by Crippen LogP contribution is -2.48. The van der Waals surface area contributed by atoms with Gasteiger partial charge in [-0.25, -0.2) is 9.59 Å². The van der Waals surface area contributed by atoms with Gasteiger partial charge in [-0.15, -0.1) is 0 Å². The molecule has 0 saturated carbocycles. The first-order valence-electron chi connectivity index (χ1n) is 8.41. The largest absolute Gasteiger partial charge is 0.465 e. The Hall–Kier alpha value is -2.94. The molecule has 1 fully saturated rings. The van der Waals surface area contributed by atoms with Crippen LogP contribution in [0.2, 0.25) is 0 Å². The number of likely N-dealkylation sites (N-methyl/N-ethyl adjacent to an activating group) is 1. The highest BCUT2D eigenvalue weighted by molar-refractivity contribution is 6.00. The third kappa shape index (κ3) is 5.04. The van der Waals surface area contributed by atoms with E-state index in [2.05, 4.69) is 14.8 Å². The molecule has 2 rings (SSSR count). The van der Waals surface area contributed by atoms with Crippen LogP contribution < -0.4 is 5.32 Å². The number of carbonyl (C=O) groups is 4. The first-order valence-corrected chi connectivity index (χ1v) is 8.41. The molecule has 1 aromatic carbocycles. The number of methoxy groups -OCH3 is 2. The lowest BCUT2D eigenvalue weighted by molar-refractivity contribution is -0.154. The molecule has 1 N–H and O–H groups in total. The lowest BCUT2D eigenvalue weighted by atomic mass is 10.1. The molecule has 0 unspecified atom stereocenters. The molecule has 27 heavy (non-hydrogen) atoms. The molecule has 1 heterocycles. The van der Waals surface area contributed by atoms with E-state index >= 15 is 0 Å². The molecule has 9 nitrogen and oxygen atoms in total. The number of benzene rings is 1. The molecule has 1 aliphatic rings. The topological polar surface area (TPSA) is 111 Å². The van der Waals surface area contributed by atoms with Gasteiger partial charge in [0.25, 0.3) is 5.91 Å². The number of nitrogens with one attached hydrogen (secondary N) is 1. The Morgan fingerprint density at radius 3 is 2.26 bits per heavy atom. The zero-order valence-corrected chi connectivity index (χ0v) is 15.4. The van der Waals surface area contributed by atoms with E-state index in [9.17, 15) is 19.2 Å². The highest BCUT2D eigenvalue weighted by Gasteiger charge is 2.30. The van der Waals surface area contributed by atoms with Crippen LogP contribution in [0.15, 0.2) is 18.2 Å². The van der Waals surface area contributed by atoms with Crippen LogP contribution in [0, 0.1) is 0 Å². The SMILES string of the molecule is CCN1CCO[C@@H](CC(=O)Nc2cc(C(=O)OC)cc(C(=O)OC)c2)C1=O. The molecule has 0 radical (unpaired) electrons. The van der Waals surface area contributed by atoms with Crippen molar-refractivity contribution in [3.05, 3.63) is 29.3 Å². The number of ether oxygens (including phenoxy) is 3. The first-order chi connectivity index (χ1) is 12.9. The van der Waals surface area contributed by atoms with Gasteiger partial charge in [0.15, 0.2) is 0 Å². The molecule has 0 bridgehead atoms. The summed E-state index contributed by atoms with van der Waals surface area (Å²) in [6.07, 6.45) is -1.03. The highest BCUT2D eigenvalue weighted by atomic mass is 16.5. The average Bonchev–Trinajstić information content (AvgIpc) is 2.67. The van der Waals surface area contributed by atoms with Crippen molar-refractivity contribution in [3.63, 3.8) is 0 Å². The minimum atomic E-state index is -0.859. The molecule has 1 atom stereocenters. The Bertz CT molecular complexity index is 713. The quantitative estimate of drug-likeness (QED) is 0.730. The molecule has 1 aliphatic heterocycles. The Kier molecular flexibility index (Phi) is 6.89. The molecule has 0 aromatic heterocycles. The predicted octanol–water partition coefficient (Wildman–Crippen LogP) is 0.836. The Morgan fingerprint density at radius 2 is 1.74 bits per heavy atom. The minimum Gasteiger partial charge on any atom is -0.465 e. The van der Waals surface area contributed by atoms with Crippen LogP contribution in [0.25, 0.3) is 0 Å². The maximum atomic E-state index is 12.3. The van der Waals surface area contributed by atoms with Crippen molar-refractivity contribution in [2.45, 2.75) is 19.4 Å². The van der Waals surface area contributed by atoms with Crippen LogP contribution in [-0.4, -0.2) is 68.7 Å². The Labute approximate surface area is 156 Å². The number of rotatable bonds is 6. The lowest BCUT2D eigenvalue weighted by Gasteiger charge is -2.31. The van der Waals surface area contributed by atoms with Gasteiger partial charge in [0.05, 0.1) is 38.4 Å². The van der Waals surface area contributed by atoms with E-state index in [4.69, 9.17) is 4.74 Å². The van der Waals surface area contributed by atoms with Crippen LogP contribution in [0.1, 0.15) is 34.1 Å². The van der Waals surface area contributed by atoms with Crippen LogP contribution >= 0.6 is 0 Å². The monoisotopic (exact) mass is 378 g/mol. The fourth-order valence-electron chi connectivity index (χ4n) is 2.70. The average molecular weight is 378 g/mol. The van der Waals surface area contributed by atoms with Gasteiger partial charge in [-0.3, -0.25) is 9.59 Å². The molecule has 0 spiro atoms. The van der Waals surface area contributed by atoms with E-state index < -0.39 is 23.9 Å². The van der Waals surface area contributed by atoms with Gasteiger partial charge in [0.2, 0.25) is 5.91 Å². The summed E-state index contributed by atoms with van der Waals surface area (Å²) in [5.41, 5.74) is 0.370. The second-order valence-corrected chi connectivity index (χ2v) is 5.81. The summed E-state index contributed by atoms with van der Waals surface area (Å²) in [5, 5.41) is 2.58. The van der Waals surface area contributed by atoms with Gasteiger partial charge in [-0.2, -0.15) is 0 Å². The number of nitrogens with zero attached hydrogens (tertiary/aromatic N) is 1. The molecule has 0 aliphatic carbocycles. The van der Waals surface area contributed by atoms with Gasteiger partial charge in [-0.05, 0) is 25.1 Å². The van der Waals surface area contributed by atoms with Crippen LogP contribution in [0.5, 0.6) is 0 Å². The number of anilines is 1. The Balaban J connectivity index is 2.15. The summed E-state index contributed by atoms with van der Waals surface area (Å²) in [6, 6.07) is 4.05. The smallest absolute Gasteiger partial charge is 0.337 e. The molecule has 9 heteroatoms. The van der Waals surface area contributed by atoms with E-state index in [0.717, 1.165) is 0 Å². The molecule has 1 aromatic rings. The summed E-state index contributed by atoms with van der Waals surface area (Å²) in [5.74, 6) is -2.05. The van der Waals surface area contributed by atoms with E-state index in [1.54, 1.807) is 4.90 Å². The standard InChI is InChI=1S/C18H22N2O7/c1-4-20-5-6-27-14(16(20)22)10-15(21)19-13-8-11(17(23)25-2)7-12(9-13)18(24)26-3/h7-9,14H,4-6,10H2,1-3H3,(H,19,21)/t14-/m0/s1. The van der Waals surface area contributed by atoms with Crippen molar-refractivity contribution in [1.82, 2.24) is 4.90 Å². The van der Waals surface area contributed by atoms with E-state index in [1.165, 1.54) is 32.4 Å². The number of morpholine rings is 1. The fraction of sp³-hybridized carbons (Fsp3) is 0.444. The van der Waals surface area contributed by atoms with Crippen molar-refractivity contribution < 1.29 is 33.4 Å². The number of hydrogen-bond donors (Lipinski definition) is 1. The molecule has 146 valence electrons. The molecule has 2 amide bonds. The summed E-state index contributed by atoms with van der Waals surface area (Å²) in [4.78, 5) is 49.7. The maximum absolute atomic E-state index is 12.3. The van der Waals surface area contributed by atoms with Crippen LogP contribution in [-0.2, 0) is 23.8 Å². The molecule has 1 saturated heterocycles. The highest BCUT2D eigenvalue weighted by Crippen LogP contribution is 2.18. The first kappa shape index (κ1) is 20.4. The van der Waals surface area contributed by atoms with Gasteiger partial charge < -0.3 is 24.4 Å². The second-order valence-electron chi connectivity index (χ2n) is 5.81. The van der Waals surface area contributed by atoms with Crippen molar-refractivity contribution in [2.75, 3.05) is 39.2 Å². The number of amides is 2. The normalized spacial score (nSPS) is 16.6. The number of carbonyl (C=O) groups excluding carboxylic acids is 4. The zero-order chi connectivity index (χ0) is 20.0. The van der Waals surface area contributed by atoms with E-state index in [-0.39, 0.29) is 29.1 Å². The molecular formula is C18H22N2O7. The van der Waals surface area contributed by atoms with Gasteiger partial charge >= 0.3 is 11.9 Å². The van der Waals surface area contributed by atoms with Crippen LogP contribution in [0.3, 0.4) is 0 Å². The second kappa shape index (κ2) is 9.13. The number of esters is 2.